The van der Waals surface area contributed by atoms with E-state index in [4.69, 9.17) is 16.1 Å². The first-order valence-corrected chi connectivity index (χ1v) is 6.15. The van der Waals surface area contributed by atoms with Crippen LogP contribution < -0.4 is 0 Å². The van der Waals surface area contributed by atoms with E-state index in [-0.39, 0.29) is 5.88 Å². The number of alkyl halides is 1. The van der Waals surface area contributed by atoms with Crippen LogP contribution in [0, 0.1) is 0 Å². The summed E-state index contributed by atoms with van der Waals surface area (Å²) in [4.78, 5) is 4.22. The van der Waals surface area contributed by atoms with Gasteiger partial charge >= 0.3 is 0 Å². The number of rotatable bonds is 2. The van der Waals surface area contributed by atoms with Gasteiger partial charge in [0.2, 0.25) is 0 Å². The van der Waals surface area contributed by atoms with Crippen LogP contribution in [0.5, 0.6) is 0 Å². The molecule has 80 valence electrons. The van der Waals surface area contributed by atoms with E-state index in [1.807, 2.05) is 23.6 Å². The number of thiophene rings is 1. The van der Waals surface area contributed by atoms with E-state index in [1.54, 1.807) is 11.3 Å². The average molecular weight is 251 g/mol. The second-order valence-electron chi connectivity index (χ2n) is 3.29. The minimum Gasteiger partial charge on any atom is -0.334 e. The molecule has 0 bridgehead atoms. The molecule has 0 amide bonds. The molecule has 0 aliphatic rings. The van der Waals surface area contributed by atoms with Gasteiger partial charge in [-0.15, -0.1) is 22.9 Å². The summed E-state index contributed by atoms with van der Waals surface area (Å²) < 4.78 is 6.38. The van der Waals surface area contributed by atoms with Crippen LogP contribution in [-0.4, -0.2) is 10.1 Å². The van der Waals surface area contributed by atoms with E-state index < -0.39 is 0 Å². The summed E-state index contributed by atoms with van der Waals surface area (Å²) in [5.41, 5.74) is 0.976. The summed E-state index contributed by atoms with van der Waals surface area (Å²) >= 11 is 7.30. The minimum atomic E-state index is 0.269. The molecule has 3 rings (SSSR count). The van der Waals surface area contributed by atoms with Crippen molar-refractivity contribution in [1.82, 2.24) is 10.1 Å². The molecule has 3 aromatic rings. The fourth-order valence-corrected chi connectivity index (χ4v) is 2.60. The van der Waals surface area contributed by atoms with Gasteiger partial charge in [-0.05, 0) is 6.07 Å². The average Bonchev–Trinajstić information content (AvgIpc) is 2.94. The molecule has 0 spiro atoms. The lowest BCUT2D eigenvalue weighted by molar-refractivity contribution is 0.425. The van der Waals surface area contributed by atoms with Crippen molar-refractivity contribution < 1.29 is 4.52 Å². The fraction of sp³-hybridized carbons (Fsp3) is 0.0909. The van der Waals surface area contributed by atoms with Gasteiger partial charge < -0.3 is 4.52 Å². The first-order chi connectivity index (χ1) is 7.88. The zero-order valence-corrected chi connectivity index (χ0v) is 9.76. The van der Waals surface area contributed by atoms with E-state index in [9.17, 15) is 0 Å². The number of fused-ring (bicyclic) bond motifs is 1. The molecular weight excluding hydrogens is 244 g/mol. The molecule has 16 heavy (non-hydrogen) atoms. The van der Waals surface area contributed by atoms with Crippen molar-refractivity contribution in [1.29, 1.82) is 0 Å². The Morgan fingerprint density at radius 2 is 2.19 bits per heavy atom. The molecule has 0 saturated heterocycles. The molecule has 0 saturated carbocycles. The maximum Gasteiger partial charge on any atom is 0.259 e. The summed E-state index contributed by atoms with van der Waals surface area (Å²) in [6.45, 7) is 0. The van der Waals surface area contributed by atoms with Crippen molar-refractivity contribution in [2.75, 3.05) is 0 Å². The third-order valence-corrected chi connectivity index (χ3v) is 3.50. The Labute approximate surface area is 101 Å². The molecule has 0 unspecified atom stereocenters. The lowest BCUT2D eigenvalue weighted by atomic mass is 10.2. The molecule has 0 radical (unpaired) electrons. The van der Waals surface area contributed by atoms with Crippen LogP contribution >= 0.6 is 22.9 Å². The Morgan fingerprint density at radius 1 is 1.31 bits per heavy atom. The van der Waals surface area contributed by atoms with Crippen LogP contribution in [0.2, 0.25) is 0 Å². The summed E-state index contributed by atoms with van der Waals surface area (Å²) in [7, 11) is 0. The van der Waals surface area contributed by atoms with Crippen molar-refractivity contribution in [3.63, 3.8) is 0 Å². The van der Waals surface area contributed by atoms with Gasteiger partial charge in [-0.25, -0.2) is 0 Å². The van der Waals surface area contributed by atoms with Crippen molar-refractivity contribution in [2.45, 2.75) is 5.88 Å². The van der Waals surface area contributed by atoms with E-state index in [0.29, 0.717) is 11.7 Å². The summed E-state index contributed by atoms with van der Waals surface area (Å²) in [5, 5.41) is 6.94. The van der Waals surface area contributed by atoms with Gasteiger partial charge in [-0.2, -0.15) is 4.98 Å². The van der Waals surface area contributed by atoms with Crippen molar-refractivity contribution in [3.8, 4) is 11.5 Å². The van der Waals surface area contributed by atoms with Gasteiger partial charge in [0.1, 0.15) is 0 Å². The Kier molecular flexibility index (Phi) is 2.38. The Hall–Kier alpha value is -1.39. The van der Waals surface area contributed by atoms with Gasteiger partial charge in [-0.1, -0.05) is 23.4 Å². The number of benzene rings is 1. The standard InChI is InChI=1S/C11H7ClN2OS/c12-5-10-13-11(15-14-10)8-6-16-9-4-2-1-3-7(8)9/h1-4,6H,5H2. The van der Waals surface area contributed by atoms with E-state index in [1.165, 1.54) is 4.70 Å². The summed E-state index contributed by atoms with van der Waals surface area (Å²) in [5.74, 6) is 1.33. The first-order valence-electron chi connectivity index (χ1n) is 4.73. The van der Waals surface area contributed by atoms with E-state index >= 15 is 0 Å². The lowest BCUT2D eigenvalue weighted by Gasteiger charge is -1.90. The quantitative estimate of drug-likeness (QED) is 0.651. The summed E-state index contributed by atoms with van der Waals surface area (Å²) in [6, 6.07) is 8.13. The summed E-state index contributed by atoms with van der Waals surface area (Å²) in [6.07, 6.45) is 0. The van der Waals surface area contributed by atoms with Crippen LogP contribution in [-0.2, 0) is 5.88 Å². The maximum atomic E-state index is 5.64. The molecule has 0 aliphatic carbocycles. The van der Waals surface area contributed by atoms with Gasteiger partial charge in [0.05, 0.1) is 11.4 Å². The van der Waals surface area contributed by atoms with Crippen molar-refractivity contribution >= 4 is 33.0 Å². The second kappa shape index (κ2) is 3.88. The molecule has 0 N–H and O–H groups in total. The predicted octanol–water partition coefficient (Wildman–Crippen LogP) is 3.69. The van der Waals surface area contributed by atoms with Crippen molar-refractivity contribution in [3.05, 3.63) is 35.5 Å². The smallest absolute Gasteiger partial charge is 0.259 e. The molecule has 0 aliphatic heterocycles. The number of hydrogen-bond acceptors (Lipinski definition) is 4. The number of nitrogens with zero attached hydrogens (tertiary/aromatic N) is 2. The zero-order chi connectivity index (χ0) is 11.0. The number of aromatic nitrogens is 2. The van der Waals surface area contributed by atoms with Gasteiger partial charge in [0.25, 0.3) is 5.89 Å². The molecule has 0 fully saturated rings. The predicted molar refractivity (Wildman–Crippen MR) is 64.7 cm³/mol. The number of halogens is 1. The van der Waals surface area contributed by atoms with Crippen molar-refractivity contribution in [2.24, 2.45) is 0 Å². The fourth-order valence-electron chi connectivity index (χ4n) is 1.56. The highest BCUT2D eigenvalue weighted by atomic mass is 35.5. The Balaban J connectivity index is 2.18. The van der Waals surface area contributed by atoms with E-state index in [2.05, 4.69) is 16.2 Å². The third-order valence-electron chi connectivity index (χ3n) is 2.30. The molecule has 0 atom stereocenters. The molecule has 2 heterocycles. The molecular formula is C11H7ClN2OS. The topological polar surface area (TPSA) is 38.9 Å². The van der Waals surface area contributed by atoms with Crippen LogP contribution in [0.25, 0.3) is 21.5 Å². The van der Waals surface area contributed by atoms with Crippen LogP contribution in [0.3, 0.4) is 0 Å². The minimum absolute atomic E-state index is 0.269. The van der Waals surface area contributed by atoms with E-state index in [0.717, 1.165) is 10.9 Å². The number of hydrogen-bond donors (Lipinski definition) is 0. The zero-order valence-electron chi connectivity index (χ0n) is 8.18. The molecule has 3 nitrogen and oxygen atoms in total. The van der Waals surface area contributed by atoms with Gasteiger partial charge in [-0.3, -0.25) is 0 Å². The molecule has 1 aromatic carbocycles. The third kappa shape index (κ3) is 1.50. The van der Waals surface area contributed by atoms with Gasteiger partial charge in [0, 0.05) is 15.5 Å². The maximum absolute atomic E-state index is 5.64. The lowest BCUT2D eigenvalue weighted by Crippen LogP contribution is -1.79. The Morgan fingerprint density at radius 3 is 3.00 bits per heavy atom. The second-order valence-corrected chi connectivity index (χ2v) is 4.47. The first kappa shape index (κ1) is 9.81. The highest BCUT2D eigenvalue weighted by Crippen LogP contribution is 2.32. The highest BCUT2D eigenvalue weighted by molar-refractivity contribution is 7.17. The van der Waals surface area contributed by atoms with Crippen LogP contribution in [0.15, 0.2) is 34.2 Å². The molecule has 5 heteroatoms. The largest absolute Gasteiger partial charge is 0.334 e. The Bertz CT molecular complexity index is 631. The molecule has 2 aromatic heterocycles. The van der Waals surface area contributed by atoms with Crippen LogP contribution in [0.4, 0.5) is 0 Å². The monoisotopic (exact) mass is 250 g/mol. The van der Waals surface area contributed by atoms with Gasteiger partial charge in [0.15, 0.2) is 5.82 Å². The highest BCUT2D eigenvalue weighted by Gasteiger charge is 2.12. The SMILES string of the molecule is ClCc1noc(-c2csc3ccccc23)n1. The van der Waals surface area contributed by atoms with Crippen LogP contribution in [0.1, 0.15) is 5.82 Å². The normalized spacial score (nSPS) is 11.1.